The first kappa shape index (κ1) is 19.7. The predicted molar refractivity (Wildman–Crippen MR) is 109 cm³/mol. The summed E-state index contributed by atoms with van der Waals surface area (Å²) >= 11 is 7.37. The number of rotatable bonds is 4. The van der Waals surface area contributed by atoms with Gasteiger partial charge in [-0.05, 0) is 38.5 Å². The van der Waals surface area contributed by atoms with Gasteiger partial charge in [-0.1, -0.05) is 11.6 Å². The van der Waals surface area contributed by atoms with Gasteiger partial charge < -0.3 is 4.90 Å². The van der Waals surface area contributed by atoms with Crippen LogP contribution in [0.4, 0.5) is 8.78 Å². The number of halogens is 3. The number of carbonyl (C=O) groups excluding carboxylic acids is 1. The van der Waals surface area contributed by atoms with Crippen molar-refractivity contribution in [1.29, 1.82) is 0 Å². The van der Waals surface area contributed by atoms with Gasteiger partial charge in [-0.15, -0.1) is 16.4 Å². The Kier molecular flexibility index (Phi) is 4.95. The van der Waals surface area contributed by atoms with E-state index < -0.39 is 11.6 Å². The molecular weight excluding hydrogens is 420 g/mol. The maximum atomic E-state index is 13.7. The van der Waals surface area contributed by atoms with Crippen LogP contribution >= 0.6 is 22.9 Å². The molecule has 29 heavy (non-hydrogen) atoms. The third-order valence-electron chi connectivity index (χ3n) is 4.76. The van der Waals surface area contributed by atoms with E-state index in [1.54, 1.807) is 4.90 Å². The number of hydrogen-bond donors (Lipinski definition) is 0. The third kappa shape index (κ3) is 3.14. The van der Waals surface area contributed by atoms with Crippen molar-refractivity contribution in [2.45, 2.75) is 20.8 Å². The topological polar surface area (TPSA) is 63.4 Å². The fourth-order valence-corrected chi connectivity index (χ4v) is 4.55. The number of thiophene rings is 1. The second-order valence-electron chi connectivity index (χ2n) is 6.41. The zero-order chi connectivity index (χ0) is 20.9. The maximum Gasteiger partial charge on any atom is 0.264 e. The van der Waals surface area contributed by atoms with Crippen LogP contribution in [0.15, 0.2) is 18.5 Å². The average molecular weight is 436 g/mol. The van der Waals surface area contributed by atoms with Gasteiger partial charge >= 0.3 is 0 Å². The summed E-state index contributed by atoms with van der Waals surface area (Å²) in [5, 5.41) is 5.01. The molecule has 3 aromatic heterocycles. The summed E-state index contributed by atoms with van der Waals surface area (Å²) in [5.41, 5.74) is 1.41. The summed E-state index contributed by atoms with van der Waals surface area (Å²) in [6.45, 7) is 6.91. The van der Waals surface area contributed by atoms with Crippen molar-refractivity contribution in [2.24, 2.45) is 0 Å². The van der Waals surface area contributed by atoms with E-state index in [4.69, 9.17) is 11.6 Å². The summed E-state index contributed by atoms with van der Waals surface area (Å²) in [7, 11) is 0. The van der Waals surface area contributed by atoms with Crippen LogP contribution in [0.5, 0.6) is 0 Å². The van der Waals surface area contributed by atoms with E-state index in [9.17, 15) is 13.6 Å². The molecule has 0 aliphatic carbocycles. The lowest BCUT2D eigenvalue weighted by Gasteiger charge is -2.17. The predicted octanol–water partition coefficient (Wildman–Crippen LogP) is 4.73. The van der Waals surface area contributed by atoms with Crippen molar-refractivity contribution in [3.05, 3.63) is 45.6 Å². The van der Waals surface area contributed by atoms with E-state index in [1.807, 2.05) is 20.8 Å². The Morgan fingerprint density at radius 3 is 2.62 bits per heavy atom. The van der Waals surface area contributed by atoms with Gasteiger partial charge in [0.15, 0.2) is 23.1 Å². The monoisotopic (exact) mass is 435 g/mol. The Morgan fingerprint density at radius 2 is 1.93 bits per heavy atom. The zero-order valence-electron chi connectivity index (χ0n) is 15.8. The highest BCUT2D eigenvalue weighted by Gasteiger charge is 2.23. The molecule has 1 aromatic carbocycles. The van der Waals surface area contributed by atoms with Crippen LogP contribution in [-0.4, -0.2) is 43.5 Å². The standard InChI is InChI=1S/C19H16ClF2N5OS/c1-4-26(5-2)19(28)15-9(3)14-17-24-16(25-27(17)8-23-18(14)29-15)10-6-12(21)13(22)7-11(10)20/h6-8H,4-5H2,1-3H3. The van der Waals surface area contributed by atoms with Crippen LogP contribution in [0, 0.1) is 18.6 Å². The molecule has 150 valence electrons. The molecule has 0 atom stereocenters. The second-order valence-corrected chi connectivity index (χ2v) is 7.81. The number of aryl methyl sites for hydroxylation is 1. The van der Waals surface area contributed by atoms with Crippen LogP contribution < -0.4 is 0 Å². The fourth-order valence-electron chi connectivity index (χ4n) is 3.20. The molecule has 6 nitrogen and oxygen atoms in total. The molecule has 0 radical (unpaired) electrons. The first-order valence-electron chi connectivity index (χ1n) is 8.94. The molecule has 0 aliphatic heterocycles. The summed E-state index contributed by atoms with van der Waals surface area (Å²) in [4.78, 5) is 24.7. The van der Waals surface area contributed by atoms with Gasteiger partial charge in [0, 0.05) is 18.7 Å². The number of aromatic nitrogens is 4. The number of amides is 1. The minimum absolute atomic E-state index is 0.00319. The van der Waals surface area contributed by atoms with Gasteiger partial charge in [-0.25, -0.2) is 23.3 Å². The Balaban J connectivity index is 1.91. The molecule has 10 heteroatoms. The Hall–Kier alpha value is -2.65. The molecular formula is C19H16ClF2N5OS. The highest BCUT2D eigenvalue weighted by molar-refractivity contribution is 7.20. The summed E-state index contributed by atoms with van der Waals surface area (Å²) < 4.78 is 28.5. The first-order chi connectivity index (χ1) is 13.8. The SMILES string of the molecule is CCN(CC)C(=O)c1sc2ncn3nc(-c4cc(F)c(F)cc4Cl)nc3c2c1C. The average Bonchev–Trinajstić information content (AvgIpc) is 3.26. The molecule has 4 rings (SSSR count). The molecule has 0 fully saturated rings. The number of carbonyl (C=O) groups is 1. The number of nitrogens with zero attached hydrogens (tertiary/aromatic N) is 5. The van der Waals surface area contributed by atoms with E-state index in [2.05, 4.69) is 15.1 Å². The first-order valence-corrected chi connectivity index (χ1v) is 10.1. The molecule has 3 heterocycles. The molecule has 0 bridgehead atoms. The van der Waals surface area contributed by atoms with Crippen molar-refractivity contribution in [2.75, 3.05) is 13.1 Å². The molecule has 1 amide bonds. The molecule has 0 saturated heterocycles. The molecule has 0 aliphatic rings. The van der Waals surface area contributed by atoms with E-state index >= 15 is 0 Å². The molecule has 0 unspecified atom stereocenters. The highest BCUT2D eigenvalue weighted by Crippen LogP contribution is 2.34. The fraction of sp³-hybridized carbons (Fsp3) is 0.263. The van der Waals surface area contributed by atoms with Crippen molar-refractivity contribution < 1.29 is 13.6 Å². The smallest absolute Gasteiger partial charge is 0.264 e. The van der Waals surface area contributed by atoms with Crippen LogP contribution in [0.25, 0.3) is 27.3 Å². The van der Waals surface area contributed by atoms with Gasteiger partial charge in [0.05, 0.1) is 15.3 Å². The summed E-state index contributed by atoms with van der Waals surface area (Å²) in [6, 6.07) is 1.86. The molecule has 4 aromatic rings. The highest BCUT2D eigenvalue weighted by atomic mass is 35.5. The van der Waals surface area contributed by atoms with Crippen molar-refractivity contribution >= 4 is 44.7 Å². The lowest BCUT2D eigenvalue weighted by molar-refractivity contribution is 0.0777. The second kappa shape index (κ2) is 7.31. The van der Waals surface area contributed by atoms with Crippen molar-refractivity contribution in [3.63, 3.8) is 0 Å². The van der Waals surface area contributed by atoms with Gasteiger partial charge in [-0.3, -0.25) is 4.79 Å². The van der Waals surface area contributed by atoms with E-state index in [0.717, 1.165) is 17.7 Å². The van der Waals surface area contributed by atoms with E-state index in [0.29, 0.717) is 33.8 Å². The van der Waals surface area contributed by atoms with Crippen LogP contribution in [0.3, 0.4) is 0 Å². The Labute approximate surface area is 173 Å². The van der Waals surface area contributed by atoms with Gasteiger partial charge in [0.1, 0.15) is 11.2 Å². The molecule has 0 spiro atoms. The van der Waals surface area contributed by atoms with Crippen molar-refractivity contribution in [1.82, 2.24) is 24.5 Å². The third-order valence-corrected chi connectivity index (χ3v) is 6.26. The lowest BCUT2D eigenvalue weighted by atomic mass is 10.2. The normalized spacial score (nSPS) is 11.5. The quantitative estimate of drug-likeness (QED) is 0.435. The summed E-state index contributed by atoms with van der Waals surface area (Å²) in [5.74, 6) is -1.99. The van der Waals surface area contributed by atoms with Crippen LogP contribution in [0.1, 0.15) is 29.1 Å². The Bertz CT molecular complexity index is 1260. The minimum atomic E-state index is -1.04. The van der Waals surface area contributed by atoms with Gasteiger partial charge in [0.25, 0.3) is 5.91 Å². The van der Waals surface area contributed by atoms with E-state index in [1.165, 1.54) is 22.2 Å². The van der Waals surface area contributed by atoms with E-state index in [-0.39, 0.29) is 22.3 Å². The van der Waals surface area contributed by atoms with Gasteiger partial charge in [-0.2, -0.15) is 0 Å². The zero-order valence-corrected chi connectivity index (χ0v) is 17.4. The van der Waals surface area contributed by atoms with Crippen LogP contribution in [-0.2, 0) is 0 Å². The van der Waals surface area contributed by atoms with Gasteiger partial charge in [0.2, 0.25) is 0 Å². The minimum Gasteiger partial charge on any atom is -0.338 e. The number of hydrogen-bond acceptors (Lipinski definition) is 5. The summed E-state index contributed by atoms with van der Waals surface area (Å²) in [6.07, 6.45) is 1.48. The Morgan fingerprint density at radius 1 is 1.24 bits per heavy atom. The lowest BCUT2D eigenvalue weighted by Crippen LogP contribution is -2.30. The van der Waals surface area contributed by atoms with Crippen molar-refractivity contribution in [3.8, 4) is 11.4 Å². The number of benzene rings is 1. The maximum absolute atomic E-state index is 13.7. The molecule has 0 N–H and O–H groups in total. The number of fused-ring (bicyclic) bond motifs is 3. The largest absolute Gasteiger partial charge is 0.338 e. The molecule has 0 saturated carbocycles. The van der Waals surface area contributed by atoms with Crippen LogP contribution in [0.2, 0.25) is 5.02 Å².